The van der Waals surface area contributed by atoms with Gasteiger partial charge in [-0.05, 0) is 43.0 Å². The van der Waals surface area contributed by atoms with E-state index in [1.165, 1.54) is 12.0 Å². The molecule has 2 unspecified atom stereocenters. The molecular formula is C15H23NO2. The van der Waals surface area contributed by atoms with Crippen LogP contribution in [-0.2, 0) is 0 Å². The summed E-state index contributed by atoms with van der Waals surface area (Å²) in [6, 6.07) is 6.32. The van der Waals surface area contributed by atoms with Gasteiger partial charge >= 0.3 is 0 Å². The summed E-state index contributed by atoms with van der Waals surface area (Å²) in [7, 11) is 5.43. The van der Waals surface area contributed by atoms with E-state index in [1.807, 2.05) is 19.2 Å². The summed E-state index contributed by atoms with van der Waals surface area (Å²) in [5.41, 5.74) is 1.61. The van der Waals surface area contributed by atoms with Crippen LogP contribution in [0, 0.1) is 11.3 Å². The van der Waals surface area contributed by atoms with Crippen LogP contribution in [0.4, 0.5) is 0 Å². The van der Waals surface area contributed by atoms with E-state index in [-0.39, 0.29) is 0 Å². The summed E-state index contributed by atoms with van der Waals surface area (Å²) in [6.07, 6.45) is 1.25. The SMILES string of the molecule is CNC(c1cc(OC)ccc1OC)C1CC1(C)C. The van der Waals surface area contributed by atoms with Crippen molar-refractivity contribution < 1.29 is 9.47 Å². The summed E-state index contributed by atoms with van der Waals surface area (Å²) in [5.74, 6) is 2.46. The van der Waals surface area contributed by atoms with E-state index in [0.29, 0.717) is 17.4 Å². The Morgan fingerprint density at radius 3 is 2.39 bits per heavy atom. The van der Waals surface area contributed by atoms with Crippen LogP contribution in [0.3, 0.4) is 0 Å². The van der Waals surface area contributed by atoms with Crippen molar-refractivity contribution in [3.05, 3.63) is 23.8 Å². The van der Waals surface area contributed by atoms with Gasteiger partial charge in [0.2, 0.25) is 0 Å². The molecule has 1 N–H and O–H groups in total. The summed E-state index contributed by atoms with van der Waals surface area (Å²) in [4.78, 5) is 0. The Morgan fingerprint density at radius 2 is 1.94 bits per heavy atom. The number of benzene rings is 1. The van der Waals surface area contributed by atoms with E-state index in [0.717, 1.165) is 11.5 Å². The fourth-order valence-electron chi connectivity index (χ4n) is 2.73. The molecule has 0 radical (unpaired) electrons. The average Bonchev–Trinajstić information content (AvgIpc) is 2.99. The summed E-state index contributed by atoms with van der Waals surface area (Å²) < 4.78 is 10.8. The van der Waals surface area contributed by atoms with Crippen LogP contribution < -0.4 is 14.8 Å². The molecular weight excluding hydrogens is 226 g/mol. The Hall–Kier alpha value is -1.22. The van der Waals surface area contributed by atoms with E-state index in [4.69, 9.17) is 9.47 Å². The minimum Gasteiger partial charge on any atom is -0.497 e. The van der Waals surface area contributed by atoms with Crippen molar-refractivity contribution in [1.82, 2.24) is 5.32 Å². The van der Waals surface area contributed by atoms with Crippen LogP contribution in [0.5, 0.6) is 11.5 Å². The standard InChI is InChI=1S/C15H23NO2/c1-15(2)9-12(15)14(16-3)11-8-10(17-4)6-7-13(11)18-5/h6-8,12,14,16H,9H2,1-5H3. The Balaban J connectivity index is 2.34. The van der Waals surface area contributed by atoms with Crippen LogP contribution in [0.25, 0.3) is 0 Å². The zero-order valence-corrected chi connectivity index (χ0v) is 11.9. The lowest BCUT2D eigenvalue weighted by Gasteiger charge is -2.21. The maximum Gasteiger partial charge on any atom is 0.123 e. The number of rotatable bonds is 5. The quantitative estimate of drug-likeness (QED) is 0.870. The maximum absolute atomic E-state index is 5.48. The predicted octanol–water partition coefficient (Wildman–Crippen LogP) is 3.01. The second kappa shape index (κ2) is 4.81. The van der Waals surface area contributed by atoms with Gasteiger partial charge in [0.25, 0.3) is 0 Å². The van der Waals surface area contributed by atoms with Gasteiger partial charge in [0, 0.05) is 11.6 Å². The highest BCUT2D eigenvalue weighted by Crippen LogP contribution is 2.58. The minimum absolute atomic E-state index is 0.324. The molecule has 0 bridgehead atoms. The molecule has 0 amide bonds. The van der Waals surface area contributed by atoms with E-state index < -0.39 is 0 Å². The predicted molar refractivity (Wildman–Crippen MR) is 73.2 cm³/mol. The fraction of sp³-hybridized carbons (Fsp3) is 0.600. The van der Waals surface area contributed by atoms with Crippen molar-refractivity contribution in [3.63, 3.8) is 0 Å². The van der Waals surface area contributed by atoms with Gasteiger partial charge in [0.05, 0.1) is 14.2 Å². The van der Waals surface area contributed by atoms with Gasteiger partial charge in [-0.25, -0.2) is 0 Å². The molecule has 0 heterocycles. The Morgan fingerprint density at radius 1 is 1.28 bits per heavy atom. The van der Waals surface area contributed by atoms with Crippen LogP contribution in [0.2, 0.25) is 0 Å². The van der Waals surface area contributed by atoms with E-state index in [2.05, 4.69) is 25.2 Å². The zero-order valence-electron chi connectivity index (χ0n) is 11.9. The Kier molecular flexibility index (Phi) is 3.53. The van der Waals surface area contributed by atoms with Crippen LogP contribution >= 0.6 is 0 Å². The number of methoxy groups -OCH3 is 2. The van der Waals surface area contributed by atoms with Gasteiger partial charge in [0.15, 0.2) is 0 Å². The molecule has 2 atom stereocenters. The highest BCUT2D eigenvalue weighted by atomic mass is 16.5. The molecule has 1 saturated carbocycles. The van der Waals surface area contributed by atoms with E-state index >= 15 is 0 Å². The van der Waals surface area contributed by atoms with Gasteiger partial charge < -0.3 is 14.8 Å². The van der Waals surface area contributed by atoms with Crippen LogP contribution in [-0.4, -0.2) is 21.3 Å². The molecule has 0 spiro atoms. The first kappa shape index (κ1) is 13.2. The third-order valence-electron chi connectivity index (χ3n) is 4.07. The van der Waals surface area contributed by atoms with Gasteiger partial charge in [-0.3, -0.25) is 0 Å². The molecule has 1 aromatic carbocycles. The largest absolute Gasteiger partial charge is 0.497 e. The van der Waals surface area contributed by atoms with E-state index in [9.17, 15) is 0 Å². The molecule has 0 saturated heterocycles. The van der Waals surface area contributed by atoms with Crippen molar-refractivity contribution in [2.45, 2.75) is 26.3 Å². The monoisotopic (exact) mass is 249 g/mol. The second-order valence-electron chi connectivity index (χ2n) is 5.67. The molecule has 3 nitrogen and oxygen atoms in total. The molecule has 0 aromatic heterocycles. The molecule has 18 heavy (non-hydrogen) atoms. The van der Waals surface area contributed by atoms with Crippen molar-refractivity contribution in [1.29, 1.82) is 0 Å². The first-order valence-electron chi connectivity index (χ1n) is 6.42. The van der Waals surface area contributed by atoms with Gasteiger partial charge in [0.1, 0.15) is 11.5 Å². The lowest BCUT2D eigenvalue weighted by molar-refractivity contribution is 0.377. The van der Waals surface area contributed by atoms with Crippen molar-refractivity contribution in [3.8, 4) is 11.5 Å². The lowest BCUT2D eigenvalue weighted by atomic mass is 9.96. The highest BCUT2D eigenvalue weighted by molar-refractivity contribution is 5.43. The molecule has 0 aliphatic heterocycles. The maximum atomic E-state index is 5.48. The third-order valence-corrected chi connectivity index (χ3v) is 4.07. The van der Waals surface area contributed by atoms with Crippen LogP contribution in [0.1, 0.15) is 31.9 Å². The normalized spacial score (nSPS) is 22.4. The van der Waals surface area contributed by atoms with Gasteiger partial charge in [-0.15, -0.1) is 0 Å². The molecule has 1 aliphatic rings. The molecule has 100 valence electrons. The Labute approximate surface area is 109 Å². The first-order chi connectivity index (χ1) is 8.53. The molecule has 2 rings (SSSR count). The zero-order chi connectivity index (χ0) is 13.3. The topological polar surface area (TPSA) is 30.5 Å². The molecule has 1 aromatic rings. The third kappa shape index (κ3) is 2.32. The minimum atomic E-state index is 0.324. The summed E-state index contributed by atoms with van der Waals surface area (Å²) in [5, 5.41) is 3.43. The van der Waals surface area contributed by atoms with Crippen LogP contribution in [0.15, 0.2) is 18.2 Å². The fourth-order valence-corrected chi connectivity index (χ4v) is 2.73. The van der Waals surface area contributed by atoms with Gasteiger partial charge in [-0.1, -0.05) is 13.8 Å². The lowest BCUT2D eigenvalue weighted by Crippen LogP contribution is -2.21. The first-order valence-corrected chi connectivity index (χ1v) is 6.42. The molecule has 3 heteroatoms. The number of nitrogens with one attached hydrogen (secondary N) is 1. The van der Waals surface area contributed by atoms with Crippen molar-refractivity contribution >= 4 is 0 Å². The summed E-state index contributed by atoms with van der Waals surface area (Å²) >= 11 is 0. The molecule has 1 fully saturated rings. The summed E-state index contributed by atoms with van der Waals surface area (Å²) in [6.45, 7) is 4.63. The highest BCUT2D eigenvalue weighted by Gasteiger charge is 2.50. The Bertz CT molecular complexity index is 429. The number of ether oxygens (including phenoxy) is 2. The number of hydrogen-bond donors (Lipinski definition) is 1. The average molecular weight is 249 g/mol. The number of hydrogen-bond acceptors (Lipinski definition) is 3. The van der Waals surface area contributed by atoms with E-state index in [1.54, 1.807) is 14.2 Å². The smallest absolute Gasteiger partial charge is 0.123 e. The van der Waals surface area contributed by atoms with Gasteiger partial charge in [-0.2, -0.15) is 0 Å². The molecule has 1 aliphatic carbocycles. The second-order valence-corrected chi connectivity index (χ2v) is 5.67. The van der Waals surface area contributed by atoms with Crippen molar-refractivity contribution in [2.75, 3.05) is 21.3 Å². The van der Waals surface area contributed by atoms with Crippen molar-refractivity contribution in [2.24, 2.45) is 11.3 Å².